The van der Waals surface area contributed by atoms with Gasteiger partial charge in [0.1, 0.15) is 5.82 Å². The molecule has 4 heteroatoms. The molecule has 100 valence electrons. The van der Waals surface area contributed by atoms with E-state index in [4.69, 9.17) is 4.84 Å². The quantitative estimate of drug-likeness (QED) is 0.870. The third-order valence-corrected chi connectivity index (χ3v) is 3.06. The maximum Gasteiger partial charge on any atom is 0.126 e. The molecular weight excluding hydrogens is 226 g/mol. The van der Waals surface area contributed by atoms with Gasteiger partial charge in [-0.1, -0.05) is 0 Å². The van der Waals surface area contributed by atoms with E-state index in [2.05, 4.69) is 48.3 Å². The van der Waals surface area contributed by atoms with Crippen molar-refractivity contribution < 1.29 is 4.84 Å². The van der Waals surface area contributed by atoms with Crippen LogP contribution in [0.25, 0.3) is 0 Å². The van der Waals surface area contributed by atoms with Gasteiger partial charge in [0.15, 0.2) is 0 Å². The molecule has 0 radical (unpaired) electrons. The number of aromatic nitrogens is 1. The van der Waals surface area contributed by atoms with E-state index in [-0.39, 0.29) is 0 Å². The van der Waals surface area contributed by atoms with Crippen LogP contribution in [0.2, 0.25) is 0 Å². The van der Waals surface area contributed by atoms with Gasteiger partial charge in [-0.3, -0.25) is 4.84 Å². The van der Waals surface area contributed by atoms with E-state index in [1.54, 1.807) is 0 Å². The summed E-state index contributed by atoms with van der Waals surface area (Å²) in [5.74, 6) is 0.956. The normalized spacial score (nSPS) is 18.2. The molecule has 1 unspecified atom stereocenters. The smallest absolute Gasteiger partial charge is 0.126 e. The first-order valence-corrected chi connectivity index (χ1v) is 6.76. The van der Waals surface area contributed by atoms with Gasteiger partial charge < -0.3 is 5.32 Å². The van der Waals surface area contributed by atoms with Gasteiger partial charge >= 0.3 is 0 Å². The highest BCUT2D eigenvalue weighted by atomic mass is 16.7. The second-order valence-electron chi connectivity index (χ2n) is 5.23. The second kappa shape index (κ2) is 6.16. The zero-order valence-corrected chi connectivity index (χ0v) is 11.5. The predicted octanol–water partition coefficient (Wildman–Crippen LogP) is 2.47. The van der Waals surface area contributed by atoms with E-state index in [1.165, 1.54) is 5.56 Å². The Morgan fingerprint density at radius 3 is 2.94 bits per heavy atom. The van der Waals surface area contributed by atoms with Gasteiger partial charge in [-0.05, 0) is 51.3 Å². The largest absolute Gasteiger partial charge is 0.368 e. The lowest BCUT2D eigenvalue weighted by atomic mass is 10.1. The number of pyridine rings is 1. The Morgan fingerprint density at radius 1 is 1.44 bits per heavy atom. The molecule has 2 rings (SSSR count). The maximum absolute atomic E-state index is 5.58. The molecule has 1 aliphatic heterocycles. The zero-order valence-electron chi connectivity index (χ0n) is 11.5. The monoisotopic (exact) mass is 249 g/mol. The van der Waals surface area contributed by atoms with Crippen molar-refractivity contribution in [2.75, 3.05) is 18.5 Å². The highest BCUT2D eigenvalue weighted by Crippen LogP contribution is 2.15. The van der Waals surface area contributed by atoms with Crippen molar-refractivity contribution in [3.8, 4) is 0 Å². The molecular formula is C14H23N3O. The Balaban J connectivity index is 1.95. The van der Waals surface area contributed by atoms with Crippen LogP contribution >= 0.6 is 0 Å². The molecule has 2 heterocycles. The number of nitrogens with one attached hydrogen (secondary N) is 1. The fourth-order valence-corrected chi connectivity index (χ4v) is 2.23. The van der Waals surface area contributed by atoms with Crippen LogP contribution in [-0.4, -0.2) is 35.3 Å². The molecule has 1 aromatic rings. The number of nitrogens with zero attached hydrogens (tertiary/aromatic N) is 2. The fourth-order valence-electron chi connectivity index (χ4n) is 2.23. The summed E-state index contributed by atoms with van der Waals surface area (Å²) < 4.78 is 0. The van der Waals surface area contributed by atoms with Crippen molar-refractivity contribution in [2.24, 2.45) is 0 Å². The van der Waals surface area contributed by atoms with Gasteiger partial charge in [0.05, 0.1) is 6.61 Å². The molecule has 0 aliphatic carbocycles. The molecule has 1 atom stereocenters. The van der Waals surface area contributed by atoms with E-state index < -0.39 is 0 Å². The minimum atomic E-state index is 0.409. The summed E-state index contributed by atoms with van der Waals surface area (Å²) in [6.45, 7) is 8.36. The number of hydrogen-bond acceptors (Lipinski definition) is 4. The van der Waals surface area contributed by atoms with Crippen LogP contribution in [0.15, 0.2) is 18.3 Å². The standard InChI is InChI=1S/C14H23N3O/c1-11(2)16-14-10-13(5-6-15-14)9-12(3)17-7-4-8-18-17/h5-6,10-12H,4,7-9H2,1-3H3,(H,15,16). The summed E-state index contributed by atoms with van der Waals surface area (Å²) in [7, 11) is 0. The SMILES string of the molecule is CC(C)Nc1cc(CC(C)N2CCCO2)ccn1. The van der Waals surface area contributed by atoms with Gasteiger partial charge in [0, 0.05) is 24.8 Å². The van der Waals surface area contributed by atoms with Crippen LogP contribution in [0.1, 0.15) is 32.8 Å². The van der Waals surface area contributed by atoms with Gasteiger partial charge in [-0.2, -0.15) is 5.06 Å². The Kier molecular flexibility index (Phi) is 4.55. The maximum atomic E-state index is 5.58. The minimum absolute atomic E-state index is 0.409. The first kappa shape index (κ1) is 13.3. The Hall–Kier alpha value is -1.13. The average Bonchev–Trinajstić information content (AvgIpc) is 2.81. The summed E-state index contributed by atoms with van der Waals surface area (Å²) in [6.07, 6.45) is 4.01. The van der Waals surface area contributed by atoms with Crippen molar-refractivity contribution in [3.05, 3.63) is 23.9 Å². The summed E-state index contributed by atoms with van der Waals surface area (Å²) in [5.41, 5.74) is 1.30. The molecule has 1 saturated heterocycles. The van der Waals surface area contributed by atoms with E-state index >= 15 is 0 Å². The molecule has 18 heavy (non-hydrogen) atoms. The molecule has 0 aromatic carbocycles. The number of hydrogen-bond donors (Lipinski definition) is 1. The predicted molar refractivity (Wildman–Crippen MR) is 73.4 cm³/mol. The van der Waals surface area contributed by atoms with Crippen LogP contribution < -0.4 is 5.32 Å². The molecule has 0 bridgehead atoms. The van der Waals surface area contributed by atoms with Gasteiger partial charge in [0.2, 0.25) is 0 Å². The molecule has 1 fully saturated rings. The van der Waals surface area contributed by atoms with Crippen molar-refractivity contribution in [1.82, 2.24) is 10.0 Å². The lowest BCUT2D eigenvalue weighted by molar-refractivity contribution is -0.136. The molecule has 0 spiro atoms. The first-order valence-electron chi connectivity index (χ1n) is 6.76. The lowest BCUT2D eigenvalue weighted by Crippen LogP contribution is -2.30. The lowest BCUT2D eigenvalue weighted by Gasteiger charge is -2.22. The topological polar surface area (TPSA) is 37.4 Å². The summed E-state index contributed by atoms with van der Waals surface area (Å²) in [4.78, 5) is 9.91. The fraction of sp³-hybridized carbons (Fsp3) is 0.643. The van der Waals surface area contributed by atoms with Crippen LogP contribution in [0.5, 0.6) is 0 Å². The molecule has 4 nitrogen and oxygen atoms in total. The molecule has 0 amide bonds. The van der Waals surface area contributed by atoms with Crippen molar-refractivity contribution in [2.45, 2.75) is 45.7 Å². The van der Waals surface area contributed by atoms with Gasteiger partial charge in [-0.15, -0.1) is 0 Å². The Morgan fingerprint density at radius 2 is 2.28 bits per heavy atom. The third-order valence-electron chi connectivity index (χ3n) is 3.06. The number of hydroxylamine groups is 2. The van der Waals surface area contributed by atoms with Crippen molar-refractivity contribution in [1.29, 1.82) is 0 Å². The summed E-state index contributed by atoms with van der Waals surface area (Å²) in [6, 6.07) is 5.04. The van der Waals surface area contributed by atoms with Crippen LogP contribution in [0, 0.1) is 0 Å². The Bertz CT molecular complexity index is 375. The Labute approximate surface area is 109 Å². The van der Waals surface area contributed by atoms with Gasteiger partial charge in [-0.25, -0.2) is 4.98 Å². The molecule has 1 N–H and O–H groups in total. The molecule has 0 saturated carbocycles. The average molecular weight is 249 g/mol. The van der Waals surface area contributed by atoms with E-state index in [1.807, 2.05) is 6.20 Å². The highest BCUT2D eigenvalue weighted by Gasteiger charge is 2.19. The second-order valence-corrected chi connectivity index (χ2v) is 5.23. The number of anilines is 1. The van der Waals surface area contributed by atoms with E-state index in [9.17, 15) is 0 Å². The highest BCUT2D eigenvalue weighted by molar-refractivity contribution is 5.38. The zero-order chi connectivity index (χ0) is 13.0. The van der Waals surface area contributed by atoms with Crippen molar-refractivity contribution in [3.63, 3.8) is 0 Å². The van der Waals surface area contributed by atoms with Crippen LogP contribution in [0.4, 0.5) is 5.82 Å². The van der Waals surface area contributed by atoms with Crippen LogP contribution in [0.3, 0.4) is 0 Å². The minimum Gasteiger partial charge on any atom is -0.368 e. The van der Waals surface area contributed by atoms with E-state index in [0.717, 1.165) is 31.8 Å². The van der Waals surface area contributed by atoms with Gasteiger partial charge in [0.25, 0.3) is 0 Å². The van der Waals surface area contributed by atoms with Crippen LogP contribution in [-0.2, 0) is 11.3 Å². The first-order chi connectivity index (χ1) is 8.65. The van der Waals surface area contributed by atoms with E-state index in [0.29, 0.717) is 12.1 Å². The summed E-state index contributed by atoms with van der Waals surface area (Å²) >= 11 is 0. The molecule has 1 aromatic heterocycles. The third kappa shape index (κ3) is 3.68. The molecule has 1 aliphatic rings. The summed E-state index contributed by atoms with van der Waals surface area (Å²) in [5, 5.41) is 5.43. The number of rotatable bonds is 5. The van der Waals surface area contributed by atoms with Crippen molar-refractivity contribution >= 4 is 5.82 Å².